The zero-order valence-electron chi connectivity index (χ0n) is 12.3. The van der Waals surface area contributed by atoms with E-state index in [1.165, 1.54) is 0 Å². The number of imide groups is 1. The topological polar surface area (TPSA) is 62.7 Å². The van der Waals surface area contributed by atoms with Crippen molar-refractivity contribution in [1.82, 2.24) is 10.0 Å². The van der Waals surface area contributed by atoms with Crippen LogP contribution in [0.4, 0.5) is 5.13 Å². The van der Waals surface area contributed by atoms with Gasteiger partial charge in [-0.3, -0.25) is 14.4 Å². The molecule has 2 aromatic rings. The molecular weight excluding hydrogens is 314 g/mol. The molecule has 1 saturated heterocycles. The zero-order chi connectivity index (χ0) is 15.8. The van der Waals surface area contributed by atoms with Gasteiger partial charge in [0.25, 0.3) is 11.8 Å². The summed E-state index contributed by atoms with van der Waals surface area (Å²) in [5.41, 5.74) is 0.829. The number of carbonyl (C=O) groups is 2. The van der Waals surface area contributed by atoms with E-state index in [0.29, 0.717) is 11.1 Å². The van der Waals surface area contributed by atoms with E-state index in [9.17, 15) is 9.59 Å². The zero-order valence-corrected chi connectivity index (χ0v) is 13.2. The summed E-state index contributed by atoms with van der Waals surface area (Å²) in [6.07, 6.45) is 3.18. The first kappa shape index (κ1) is 14.3. The number of rotatable bonds is 3. The Hall–Kier alpha value is -2.25. The summed E-state index contributed by atoms with van der Waals surface area (Å²) >= 11 is 1.61. The Morgan fingerprint density at radius 3 is 2.30 bits per heavy atom. The van der Waals surface area contributed by atoms with Crippen LogP contribution in [0, 0.1) is 0 Å². The lowest BCUT2D eigenvalue weighted by Crippen LogP contribution is -2.42. The number of hydrogen-bond acceptors (Lipinski definition) is 6. The molecule has 1 aromatic heterocycles. The summed E-state index contributed by atoms with van der Waals surface area (Å²) in [6.45, 7) is 1.61. The molecule has 0 radical (unpaired) electrons. The Morgan fingerprint density at radius 2 is 1.74 bits per heavy atom. The molecule has 0 atom stereocenters. The number of carbonyl (C=O) groups excluding carboxylic acids is 2. The van der Waals surface area contributed by atoms with E-state index in [1.54, 1.807) is 41.8 Å². The molecular formula is C16H15N3O3S. The Bertz CT molecular complexity index is 704. The van der Waals surface area contributed by atoms with Gasteiger partial charge in [0.15, 0.2) is 5.13 Å². The first-order valence-electron chi connectivity index (χ1n) is 7.53. The highest BCUT2D eigenvalue weighted by Gasteiger charge is 2.38. The van der Waals surface area contributed by atoms with Crippen molar-refractivity contribution in [1.29, 1.82) is 0 Å². The number of aromatic nitrogens is 1. The molecule has 2 aliphatic heterocycles. The van der Waals surface area contributed by atoms with Crippen LogP contribution in [-0.2, 0) is 4.84 Å². The van der Waals surface area contributed by atoms with Crippen molar-refractivity contribution in [3.8, 4) is 0 Å². The van der Waals surface area contributed by atoms with Gasteiger partial charge in [-0.05, 0) is 25.0 Å². The van der Waals surface area contributed by atoms with Crippen LogP contribution in [0.1, 0.15) is 33.6 Å². The number of benzene rings is 1. The van der Waals surface area contributed by atoms with Gasteiger partial charge in [-0.1, -0.05) is 12.1 Å². The second-order valence-electron chi connectivity index (χ2n) is 5.56. The smallest absolute Gasteiger partial charge is 0.285 e. The van der Waals surface area contributed by atoms with Gasteiger partial charge in [-0.2, -0.15) is 0 Å². The summed E-state index contributed by atoms with van der Waals surface area (Å²) in [5.74, 6) is -0.735. The molecule has 0 bridgehead atoms. The van der Waals surface area contributed by atoms with E-state index in [0.717, 1.165) is 36.1 Å². The van der Waals surface area contributed by atoms with Crippen LogP contribution >= 0.6 is 11.3 Å². The van der Waals surface area contributed by atoms with Crippen LogP contribution in [0.3, 0.4) is 0 Å². The fourth-order valence-electron chi connectivity index (χ4n) is 2.94. The van der Waals surface area contributed by atoms with Crippen molar-refractivity contribution >= 4 is 28.3 Å². The van der Waals surface area contributed by atoms with E-state index in [2.05, 4.69) is 9.88 Å². The van der Waals surface area contributed by atoms with Crippen LogP contribution < -0.4 is 4.90 Å². The van der Waals surface area contributed by atoms with Crippen molar-refractivity contribution < 1.29 is 14.4 Å². The molecule has 1 aromatic carbocycles. The molecule has 7 heteroatoms. The SMILES string of the molecule is O=C1c2ccccc2C(=O)N1OC1CCN(c2nccs2)CC1. The Balaban J connectivity index is 1.41. The summed E-state index contributed by atoms with van der Waals surface area (Å²) in [4.78, 5) is 36.8. The average Bonchev–Trinajstić information content (AvgIpc) is 3.20. The largest absolute Gasteiger partial charge is 0.348 e. The molecule has 6 nitrogen and oxygen atoms in total. The van der Waals surface area contributed by atoms with Crippen LogP contribution in [0.15, 0.2) is 35.8 Å². The number of hydrogen-bond donors (Lipinski definition) is 0. The molecule has 0 N–H and O–H groups in total. The fraction of sp³-hybridized carbons (Fsp3) is 0.312. The Labute approximate surface area is 137 Å². The molecule has 0 spiro atoms. The molecule has 2 aliphatic rings. The van der Waals surface area contributed by atoms with E-state index in [1.807, 2.05) is 5.38 Å². The predicted octanol–water partition coefficient (Wildman–Crippen LogP) is 2.34. The number of amides is 2. The fourth-order valence-corrected chi connectivity index (χ4v) is 3.63. The highest BCUT2D eigenvalue weighted by molar-refractivity contribution is 7.13. The molecule has 0 unspecified atom stereocenters. The van der Waals surface area contributed by atoms with Crippen molar-refractivity contribution in [2.24, 2.45) is 0 Å². The number of thiazole rings is 1. The van der Waals surface area contributed by atoms with E-state index >= 15 is 0 Å². The predicted molar refractivity (Wildman–Crippen MR) is 85.4 cm³/mol. The van der Waals surface area contributed by atoms with E-state index in [-0.39, 0.29) is 17.9 Å². The lowest BCUT2D eigenvalue weighted by molar-refractivity contribution is -0.137. The molecule has 2 amide bonds. The normalized spacial score (nSPS) is 18.6. The second-order valence-corrected chi connectivity index (χ2v) is 6.43. The van der Waals surface area contributed by atoms with E-state index < -0.39 is 0 Å². The minimum atomic E-state index is -0.368. The van der Waals surface area contributed by atoms with Crippen molar-refractivity contribution in [3.05, 3.63) is 47.0 Å². The summed E-state index contributed by atoms with van der Waals surface area (Å²) in [7, 11) is 0. The summed E-state index contributed by atoms with van der Waals surface area (Å²) in [6, 6.07) is 6.81. The van der Waals surface area contributed by atoms with Crippen LogP contribution in [0.2, 0.25) is 0 Å². The maximum Gasteiger partial charge on any atom is 0.285 e. The van der Waals surface area contributed by atoms with Gasteiger partial charge < -0.3 is 4.90 Å². The number of anilines is 1. The molecule has 4 rings (SSSR count). The minimum absolute atomic E-state index is 0.131. The molecule has 3 heterocycles. The molecule has 118 valence electrons. The quantitative estimate of drug-likeness (QED) is 0.809. The maximum absolute atomic E-state index is 12.3. The Morgan fingerprint density at radius 1 is 1.09 bits per heavy atom. The standard InChI is InChI=1S/C16H15N3O3S/c20-14-12-3-1-2-4-13(12)15(21)19(14)22-11-5-8-18(9-6-11)16-17-7-10-23-16/h1-4,7,10-11H,5-6,8-9H2. The van der Waals surface area contributed by atoms with Crippen molar-refractivity contribution in [2.75, 3.05) is 18.0 Å². The van der Waals surface area contributed by atoms with Gasteiger partial charge in [-0.25, -0.2) is 4.98 Å². The number of piperidine rings is 1. The van der Waals surface area contributed by atoms with Gasteiger partial charge in [0.2, 0.25) is 0 Å². The first-order valence-corrected chi connectivity index (χ1v) is 8.41. The molecule has 1 fully saturated rings. The van der Waals surface area contributed by atoms with Crippen LogP contribution in [0.5, 0.6) is 0 Å². The number of hydroxylamine groups is 2. The molecule has 0 saturated carbocycles. The third-order valence-corrected chi connectivity index (χ3v) is 4.98. The Kier molecular flexibility index (Phi) is 3.59. The minimum Gasteiger partial charge on any atom is -0.348 e. The summed E-state index contributed by atoms with van der Waals surface area (Å²) in [5, 5.41) is 3.88. The lowest BCUT2D eigenvalue weighted by Gasteiger charge is -2.32. The second kappa shape index (κ2) is 5.75. The molecule has 23 heavy (non-hydrogen) atoms. The van der Waals surface area contributed by atoms with Gasteiger partial charge >= 0.3 is 0 Å². The average molecular weight is 329 g/mol. The highest BCUT2D eigenvalue weighted by atomic mass is 32.1. The van der Waals surface area contributed by atoms with Crippen molar-refractivity contribution in [2.45, 2.75) is 18.9 Å². The maximum atomic E-state index is 12.3. The third kappa shape index (κ3) is 2.51. The van der Waals surface area contributed by atoms with Gasteiger partial charge in [0.1, 0.15) is 0 Å². The van der Waals surface area contributed by atoms with Crippen LogP contribution in [0.25, 0.3) is 0 Å². The third-order valence-electron chi connectivity index (χ3n) is 4.14. The highest BCUT2D eigenvalue weighted by Crippen LogP contribution is 2.27. The van der Waals surface area contributed by atoms with Crippen molar-refractivity contribution in [3.63, 3.8) is 0 Å². The lowest BCUT2D eigenvalue weighted by atomic mass is 10.1. The monoisotopic (exact) mass is 329 g/mol. The first-order chi connectivity index (χ1) is 11.2. The van der Waals surface area contributed by atoms with Gasteiger partial charge in [-0.15, -0.1) is 16.4 Å². The van der Waals surface area contributed by atoms with Crippen LogP contribution in [-0.4, -0.2) is 41.1 Å². The van der Waals surface area contributed by atoms with E-state index in [4.69, 9.17) is 4.84 Å². The number of nitrogens with zero attached hydrogens (tertiary/aromatic N) is 3. The summed E-state index contributed by atoms with van der Waals surface area (Å²) < 4.78 is 0. The molecule has 0 aliphatic carbocycles. The van der Waals surface area contributed by atoms with Gasteiger partial charge in [0, 0.05) is 24.7 Å². The van der Waals surface area contributed by atoms with Gasteiger partial charge in [0.05, 0.1) is 17.2 Å². The number of fused-ring (bicyclic) bond motifs is 1.